The summed E-state index contributed by atoms with van der Waals surface area (Å²) in [6, 6.07) is 15.5. The monoisotopic (exact) mass is 289 g/mol. The predicted molar refractivity (Wildman–Crippen MR) is 82.1 cm³/mol. The minimum atomic E-state index is -0.167. The summed E-state index contributed by atoms with van der Waals surface area (Å²) in [6.45, 7) is 0.0391. The number of para-hydroxylation sites is 1. The third-order valence-electron chi connectivity index (χ3n) is 3.71. The zero-order chi connectivity index (χ0) is 15.1. The number of aromatic nitrogens is 1. The Bertz CT molecular complexity index is 950. The molecule has 1 aliphatic heterocycles. The number of carbonyl (C=O) groups excluding carboxylic acids is 1. The van der Waals surface area contributed by atoms with Crippen LogP contribution in [-0.2, 0) is 4.79 Å². The molecule has 106 valence electrons. The van der Waals surface area contributed by atoms with E-state index in [4.69, 9.17) is 4.74 Å². The van der Waals surface area contributed by atoms with Crippen molar-refractivity contribution in [2.24, 2.45) is 0 Å². The summed E-state index contributed by atoms with van der Waals surface area (Å²) in [4.78, 5) is 11.5. The maximum atomic E-state index is 11.5. The molecule has 5 heteroatoms. The molecular formula is C17H11N3O2. The molecule has 0 saturated heterocycles. The maximum Gasteiger partial charge on any atom is 0.262 e. The molecule has 1 N–H and O–H groups in total. The van der Waals surface area contributed by atoms with Crippen molar-refractivity contribution < 1.29 is 9.53 Å². The molecule has 0 bridgehead atoms. The van der Waals surface area contributed by atoms with Crippen molar-refractivity contribution >= 4 is 22.5 Å². The molecule has 5 nitrogen and oxygen atoms in total. The predicted octanol–water partition coefficient (Wildman–Crippen LogP) is 2.83. The quantitative estimate of drug-likeness (QED) is 0.749. The van der Waals surface area contributed by atoms with Gasteiger partial charge in [-0.1, -0.05) is 18.2 Å². The number of amides is 1. The smallest absolute Gasteiger partial charge is 0.262 e. The summed E-state index contributed by atoms with van der Waals surface area (Å²) in [5.74, 6) is 0.486. The maximum absolute atomic E-state index is 11.5. The number of hydrogen-bond acceptors (Lipinski definition) is 3. The molecule has 1 amide bonds. The lowest BCUT2D eigenvalue weighted by Gasteiger charge is -2.19. The van der Waals surface area contributed by atoms with Crippen molar-refractivity contribution in [2.45, 2.75) is 0 Å². The average Bonchev–Trinajstić information content (AvgIpc) is 2.93. The van der Waals surface area contributed by atoms with Gasteiger partial charge >= 0.3 is 0 Å². The van der Waals surface area contributed by atoms with Crippen LogP contribution in [-0.4, -0.2) is 17.1 Å². The first kappa shape index (κ1) is 12.5. The highest BCUT2D eigenvalue weighted by Gasteiger charge is 2.17. The van der Waals surface area contributed by atoms with Gasteiger partial charge in [-0.3, -0.25) is 4.79 Å². The number of ether oxygens (including phenoxy) is 1. The first-order valence-corrected chi connectivity index (χ1v) is 6.83. The number of hydrogen-bond donors (Lipinski definition) is 1. The Hall–Kier alpha value is -3.26. The Labute approximate surface area is 126 Å². The molecule has 0 atom stereocenters. The minimum absolute atomic E-state index is 0.0391. The molecule has 0 unspecified atom stereocenters. The molecule has 0 fully saturated rings. The van der Waals surface area contributed by atoms with Crippen molar-refractivity contribution in [3.8, 4) is 17.5 Å². The number of nitrogens with zero attached hydrogens (tertiary/aromatic N) is 2. The SMILES string of the molecule is N#Cc1cn(-c2ccc3c(c2)NC(=O)CO3)c2ccccc12. The third kappa shape index (κ3) is 1.82. The van der Waals surface area contributed by atoms with Gasteiger partial charge in [0.15, 0.2) is 6.61 Å². The second kappa shape index (κ2) is 4.64. The number of carbonyl (C=O) groups is 1. The molecule has 0 spiro atoms. The Kier molecular flexibility index (Phi) is 2.63. The minimum Gasteiger partial charge on any atom is -0.482 e. The van der Waals surface area contributed by atoms with Crippen LogP contribution in [0.2, 0.25) is 0 Å². The zero-order valence-electron chi connectivity index (χ0n) is 11.5. The number of benzene rings is 2. The van der Waals surface area contributed by atoms with E-state index in [9.17, 15) is 10.1 Å². The number of anilines is 1. The van der Waals surface area contributed by atoms with Crippen LogP contribution in [0.1, 0.15) is 5.56 Å². The van der Waals surface area contributed by atoms with Crippen LogP contribution >= 0.6 is 0 Å². The highest BCUT2D eigenvalue weighted by Crippen LogP contribution is 2.32. The van der Waals surface area contributed by atoms with E-state index >= 15 is 0 Å². The van der Waals surface area contributed by atoms with Gasteiger partial charge in [0.05, 0.1) is 16.8 Å². The summed E-state index contributed by atoms with van der Waals surface area (Å²) in [5, 5.41) is 13.0. The van der Waals surface area contributed by atoms with E-state index in [0.29, 0.717) is 17.0 Å². The highest BCUT2D eigenvalue weighted by atomic mass is 16.5. The van der Waals surface area contributed by atoms with E-state index in [2.05, 4.69) is 11.4 Å². The fourth-order valence-electron chi connectivity index (χ4n) is 2.70. The van der Waals surface area contributed by atoms with Gasteiger partial charge in [0.2, 0.25) is 0 Å². The van der Waals surface area contributed by atoms with Crippen LogP contribution in [0.4, 0.5) is 5.69 Å². The van der Waals surface area contributed by atoms with E-state index < -0.39 is 0 Å². The van der Waals surface area contributed by atoms with Gasteiger partial charge in [0, 0.05) is 17.3 Å². The van der Waals surface area contributed by atoms with Crippen molar-refractivity contribution in [2.75, 3.05) is 11.9 Å². The van der Waals surface area contributed by atoms with E-state index in [0.717, 1.165) is 16.6 Å². The largest absolute Gasteiger partial charge is 0.482 e. The molecule has 2 aromatic carbocycles. The van der Waals surface area contributed by atoms with Crippen LogP contribution < -0.4 is 10.1 Å². The van der Waals surface area contributed by atoms with Crippen molar-refractivity contribution in [1.82, 2.24) is 4.57 Å². The van der Waals surface area contributed by atoms with Gasteiger partial charge in [0.1, 0.15) is 11.8 Å². The van der Waals surface area contributed by atoms with Gasteiger partial charge in [-0.2, -0.15) is 5.26 Å². The Morgan fingerprint density at radius 3 is 2.95 bits per heavy atom. The molecular weight excluding hydrogens is 278 g/mol. The topological polar surface area (TPSA) is 67.0 Å². The van der Waals surface area contributed by atoms with Gasteiger partial charge in [-0.15, -0.1) is 0 Å². The van der Waals surface area contributed by atoms with Crippen molar-refractivity contribution in [3.05, 3.63) is 54.2 Å². The van der Waals surface area contributed by atoms with Gasteiger partial charge in [0.25, 0.3) is 5.91 Å². The second-order valence-electron chi connectivity index (χ2n) is 5.06. The number of nitrogens with one attached hydrogen (secondary N) is 1. The van der Waals surface area contributed by atoms with Crippen molar-refractivity contribution in [3.63, 3.8) is 0 Å². The number of rotatable bonds is 1. The third-order valence-corrected chi connectivity index (χ3v) is 3.71. The van der Waals surface area contributed by atoms with Crippen LogP contribution in [0, 0.1) is 11.3 Å². The summed E-state index contributed by atoms with van der Waals surface area (Å²) in [6.07, 6.45) is 1.80. The van der Waals surface area contributed by atoms with Crippen LogP contribution in [0.3, 0.4) is 0 Å². The van der Waals surface area contributed by atoms with E-state index in [1.807, 2.05) is 47.0 Å². The fourth-order valence-corrected chi connectivity index (χ4v) is 2.70. The molecule has 2 heterocycles. The molecule has 0 aliphatic carbocycles. The normalized spacial score (nSPS) is 13.1. The molecule has 3 aromatic rings. The lowest BCUT2D eigenvalue weighted by Crippen LogP contribution is -2.25. The molecule has 1 aromatic heterocycles. The summed E-state index contributed by atoms with van der Waals surface area (Å²) in [5.41, 5.74) is 3.07. The first-order chi connectivity index (χ1) is 10.8. The lowest BCUT2D eigenvalue weighted by molar-refractivity contribution is -0.118. The molecule has 4 rings (SSSR count). The number of fused-ring (bicyclic) bond motifs is 2. The van der Waals surface area contributed by atoms with Crippen LogP contribution in [0.5, 0.6) is 5.75 Å². The van der Waals surface area contributed by atoms with E-state index in [1.54, 1.807) is 6.20 Å². The Balaban J connectivity index is 1.91. The lowest BCUT2D eigenvalue weighted by atomic mass is 10.2. The molecule has 1 aliphatic rings. The Morgan fingerprint density at radius 2 is 2.09 bits per heavy atom. The molecule has 0 radical (unpaired) electrons. The summed E-state index contributed by atoms with van der Waals surface area (Å²) < 4.78 is 7.31. The van der Waals surface area contributed by atoms with E-state index in [1.165, 1.54) is 0 Å². The van der Waals surface area contributed by atoms with Gasteiger partial charge in [-0.05, 0) is 24.3 Å². The Morgan fingerprint density at radius 1 is 1.23 bits per heavy atom. The van der Waals surface area contributed by atoms with Gasteiger partial charge in [-0.25, -0.2) is 0 Å². The van der Waals surface area contributed by atoms with Gasteiger partial charge < -0.3 is 14.6 Å². The molecule has 0 saturated carbocycles. The average molecular weight is 289 g/mol. The highest BCUT2D eigenvalue weighted by molar-refractivity contribution is 5.96. The standard InChI is InChI=1S/C17H11N3O2/c18-8-11-9-20(15-4-2-1-3-13(11)15)12-5-6-16-14(7-12)19-17(21)10-22-16/h1-7,9H,10H2,(H,19,21). The van der Waals surface area contributed by atoms with Crippen molar-refractivity contribution in [1.29, 1.82) is 5.26 Å². The van der Waals surface area contributed by atoms with Crippen LogP contribution in [0.15, 0.2) is 48.7 Å². The zero-order valence-corrected chi connectivity index (χ0v) is 11.5. The molecule has 22 heavy (non-hydrogen) atoms. The summed E-state index contributed by atoms with van der Waals surface area (Å²) >= 11 is 0. The fraction of sp³-hybridized carbons (Fsp3) is 0.0588. The summed E-state index contributed by atoms with van der Waals surface area (Å²) in [7, 11) is 0. The second-order valence-corrected chi connectivity index (χ2v) is 5.06. The van der Waals surface area contributed by atoms with Crippen LogP contribution in [0.25, 0.3) is 16.6 Å². The number of nitriles is 1. The van der Waals surface area contributed by atoms with E-state index in [-0.39, 0.29) is 12.5 Å². The first-order valence-electron chi connectivity index (χ1n) is 6.83.